The molecule has 3 rings (SSSR count). The fourth-order valence-corrected chi connectivity index (χ4v) is 2.33. The molecule has 74 valence electrons. The lowest BCUT2D eigenvalue weighted by Gasteiger charge is -2.13. The molecule has 1 N–H and O–H groups in total. The molecule has 15 heavy (non-hydrogen) atoms. The van der Waals surface area contributed by atoms with E-state index >= 15 is 0 Å². The van der Waals surface area contributed by atoms with Crippen LogP contribution >= 0.6 is 0 Å². The van der Waals surface area contributed by atoms with Gasteiger partial charge in [0.2, 0.25) is 0 Å². The standard InChI is InChI=1S/C10H7N3OS/c14-15-4-3-8-9(13-15)2-1-7-5-11-6-12-10(7)8/h1-6,13H. The van der Waals surface area contributed by atoms with E-state index in [1.165, 1.54) is 6.33 Å². The fraction of sp³-hybridized carbons (Fsp3) is 0. The third-order valence-corrected chi connectivity index (χ3v) is 3.09. The highest BCUT2D eigenvalue weighted by molar-refractivity contribution is 7.89. The molecule has 0 bridgehead atoms. The summed E-state index contributed by atoms with van der Waals surface area (Å²) < 4.78 is 14.1. The molecule has 1 unspecified atom stereocenters. The highest BCUT2D eigenvalue weighted by atomic mass is 32.2. The van der Waals surface area contributed by atoms with E-state index in [0.717, 1.165) is 22.2 Å². The van der Waals surface area contributed by atoms with Crippen LogP contribution in [0.4, 0.5) is 5.69 Å². The van der Waals surface area contributed by atoms with Crippen molar-refractivity contribution < 1.29 is 4.21 Å². The minimum Gasteiger partial charge on any atom is -0.301 e. The van der Waals surface area contributed by atoms with E-state index < -0.39 is 11.0 Å². The first-order chi connectivity index (χ1) is 7.34. The lowest BCUT2D eigenvalue weighted by molar-refractivity contribution is 0.691. The average molecular weight is 217 g/mol. The largest absolute Gasteiger partial charge is 0.301 e. The molecule has 4 nitrogen and oxygen atoms in total. The molecule has 2 heterocycles. The number of hydrogen-bond donors (Lipinski definition) is 1. The molecule has 1 atom stereocenters. The maximum Gasteiger partial charge on any atom is 0.142 e. The molecule has 1 aromatic heterocycles. The zero-order chi connectivity index (χ0) is 10.3. The predicted molar refractivity (Wildman–Crippen MR) is 60.3 cm³/mol. The molecular weight excluding hydrogens is 210 g/mol. The van der Waals surface area contributed by atoms with E-state index in [9.17, 15) is 4.21 Å². The summed E-state index contributed by atoms with van der Waals surface area (Å²) in [5, 5.41) is 2.60. The van der Waals surface area contributed by atoms with Crippen LogP contribution in [-0.2, 0) is 11.0 Å². The number of nitrogens with one attached hydrogen (secondary N) is 1. The Morgan fingerprint density at radius 3 is 3.20 bits per heavy atom. The van der Waals surface area contributed by atoms with Gasteiger partial charge in [-0.2, -0.15) is 0 Å². The Kier molecular flexibility index (Phi) is 1.78. The third-order valence-electron chi connectivity index (χ3n) is 2.28. The predicted octanol–water partition coefficient (Wildman–Crippen LogP) is 1.69. The van der Waals surface area contributed by atoms with Crippen molar-refractivity contribution in [2.45, 2.75) is 0 Å². The van der Waals surface area contributed by atoms with E-state index in [1.54, 1.807) is 11.6 Å². The Bertz CT molecular complexity index is 594. The van der Waals surface area contributed by atoms with Crippen LogP contribution in [0.1, 0.15) is 5.56 Å². The molecule has 0 aliphatic carbocycles. The Hall–Kier alpha value is -1.75. The summed E-state index contributed by atoms with van der Waals surface area (Å²) >= 11 is 0. The van der Waals surface area contributed by atoms with Gasteiger partial charge in [-0.05, 0) is 18.2 Å². The van der Waals surface area contributed by atoms with Crippen molar-refractivity contribution in [3.8, 4) is 0 Å². The smallest absolute Gasteiger partial charge is 0.142 e. The lowest BCUT2D eigenvalue weighted by atomic mass is 10.1. The van der Waals surface area contributed by atoms with Crippen LogP contribution in [0.3, 0.4) is 0 Å². The zero-order valence-corrected chi connectivity index (χ0v) is 8.49. The van der Waals surface area contributed by atoms with Crippen LogP contribution in [0.15, 0.2) is 30.1 Å². The van der Waals surface area contributed by atoms with Gasteiger partial charge in [-0.3, -0.25) is 0 Å². The van der Waals surface area contributed by atoms with Crippen LogP contribution in [-0.4, -0.2) is 14.2 Å². The van der Waals surface area contributed by atoms with Gasteiger partial charge in [0.25, 0.3) is 0 Å². The molecule has 1 aliphatic heterocycles. The van der Waals surface area contributed by atoms with E-state index in [2.05, 4.69) is 14.7 Å². The first-order valence-corrected chi connectivity index (χ1v) is 5.64. The first-order valence-electron chi connectivity index (χ1n) is 4.43. The Balaban J connectivity index is 2.37. The number of nitrogens with zero attached hydrogens (tertiary/aromatic N) is 2. The number of hydrogen-bond acceptors (Lipinski definition) is 3. The van der Waals surface area contributed by atoms with Crippen LogP contribution in [0.25, 0.3) is 17.0 Å². The summed E-state index contributed by atoms with van der Waals surface area (Å²) in [6.07, 6.45) is 5.11. The normalized spacial score (nSPS) is 18.5. The van der Waals surface area contributed by atoms with Crippen molar-refractivity contribution in [2.24, 2.45) is 0 Å². The van der Waals surface area contributed by atoms with Crippen molar-refractivity contribution in [1.82, 2.24) is 9.97 Å². The van der Waals surface area contributed by atoms with Gasteiger partial charge in [-0.1, -0.05) is 0 Å². The Labute approximate surface area is 88.6 Å². The van der Waals surface area contributed by atoms with Gasteiger partial charge in [0.05, 0.1) is 11.2 Å². The lowest BCUT2D eigenvalue weighted by Crippen LogP contribution is -2.06. The molecule has 0 saturated carbocycles. The summed E-state index contributed by atoms with van der Waals surface area (Å²) in [6.45, 7) is 0. The summed E-state index contributed by atoms with van der Waals surface area (Å²) in [4.78, 5) is 8.18. The molecule has 2 aromatic rings. The molecule has 0 spiro atoms. The van der Waals surface area contributed by atoms with Crippen molar-refractivity contribution in [1.29, 1.82) is 0 Å². The number of rotatable bonds is 0. The second kappa shape index (κ2) is 3.13. The maximum absolute atomic E-state index is 11.2. The van der Waals surface area contributed by atoms with Crippen LogP contribution in [0, 0.1) is 0 Å². The SMILES string of the molecule is O=S1C=Cc2c(ccc3cncnc23)N1. The van der Waals surface area contributed by atoms with Gasteiger partial charge >= 0.3 is 0 Å². The Morgan fingerprint density at radius 2 is 2.27 bits per heavy atom. The number of fused-ring (bicyclic) bond motifs is 3. The van der Waals surface area contributed by atoms with Gasteiger partial charge in [0.15, 0.2) is 0 Å². The van der Waals surface area contributed by atoms with Crippen LogP contribution < -0.4 is 4.72 Å². The first kappa shape index (κ1) is 8.55. The zero-order valence-electron chi connectivity index (χ0n) is 7.68. The minimum atomic E-state index is -1.12. The minimum absolute atomic E-state index is 0.849. The second-order valence-corrected chi connectivity index (χ2v) is 4.26. The van der Waals surface area contributed by atoms with Crippen molar-refractivity contribution in [2.75, 3.05) is 4.72 Å². The van der Waals surface area contributed by atoms with E-state index in [1.807, 2.05) is 18.2 Å². The van der Waals surface area contributed by atoms with Gasteiger partial charge in [-0.25, -0.2) is 14.2 Å². The third kappa shape index (κ3) is 1.32. The summed E-state index contributed by atoms with van der Waals surface area (Å²) in [5.41, 5.74) is 2.69. The Morgan fingerprint density at radius 1 is 1.33 bits per heavy atom. The second-order valence-electron chi connectivity index (χ2n) is 3.19. The molecule has 5 heteroatoms. The van der Waals surface area contributed by atoms with Gasteiger partial charge in [0.1, 0.15) is 17.3 Å². The van der Waals surface area contributed by atoms with Crippen molar-refractivity contribution in [3.63, 3.8) is 0 Å². The highest BCUT2D eigenvalue weighted by Crippen LogP contribution is 2.28. The number of anilines is 1. The fourth-order valence-electron chi connectivity index (χ4n) is 1.61. The molecule has 0 fully saturated rings. The quantitative estimate of drug-likeness (QED) is 0.730. The number of benzene rings is 1. The average Bonchev–Trinajstić information content (AvgIpc) is 2.28. The van der Waals surface area contributed by atoms with E-state index in [4.69, 9.17) is 0 Å². The molecule has 1 aromatic carbocycles. The molecule has 0 amide bonds. The monoisotopic (exact) mass is 217 g/mol. The van der Waals surface area contributed by atoms with Crippen molar-refractivity contribution >= 4 is 33.7 Å². The van der Waals surface area contributed by atoms with Gasteiger partial charge < -0.3 is 4.72 Å². The topological polar surface area (TPSA) is 54.9 Å². The summed E-state index contributed by atoms with van der Waals surface area (Å²) in [5.74, 6) is 0. The highest BCUT2D eigenvalue weighted by Gasteiger charge is 2.11. The molecular formula is C10H7N3OS. The van der Waals surface area contributed by atoms with E-state index in [-0.39, 0.29) is 0 Å². The van der Waals surface area contributed by atoms with Gasteiger partial charge in [-0.15, -0.1) is 0 Å². The van der Waals surface area contributed by atoms with Crippen LogP contribution in [0.5, 0.6) is 0 Å². The molecule has 0 saturated heterocycles. The van der Waals surface area contributed by atoms with Crippen molar-refractivity contribution in [3.05, 3.63) is 35.6 Å². The number of aromatic nitrogens is 2. The maximum atomic E-state index is 11.2. The summed E-state index contributed by atoms with van der Waals surface area (Å²) in [6, 6.07) is 3.81. The molecule has 0 radical (unpaired) electrons. The summed E-state index contributed by atoms with van der Waals surface area (Å²) in [7, 11) is -1.12. The molecule has 1 aliphatic rings. The van der Waals surface area contributed by atoms with Gasteiger partial charge in [0, 0.05) is 22.6 Å². The van der Waals surface area contributed by atoms with Crippen LogP contribution in [0.2, 0.25) is 0 Å². The van der Waals surface area contributed by atoms with E-state index in [0.29, 0.717) is 0 Å².